The van der Waals surface area contributed by atoms with Gasteiger partial charge in [0, 0.05) is 38.0 Å². The van der Waals surface area contributed by atoms with Gasteiger partial charge in [-0.05, 0) is 47.5 Å². The van der Waals surface area contributed by atoms with E-state index in [-0.39, 0.29) is 11.6 Å². The van der Waals surface area contributed by atoms with E-state index in [9.17, 15) is 8.78 Å². The minimum absolute atomic E-state index is 0.254. The van der Waals surface area contributed by atoms with Crippen LogP contribution in [0.3, 0.4) is 0 Å². The monoisotopic (exact) mass is 387 g/mol. The number of halogens is 2. The number of rotatable bonds is 3. The van der Waals surface area contributed by atoms with E-state index in [1.165, 1.54) is 24.3 Å². The van der Waals surface area contributed by atoms with E-state index in [1.54, 1.807) is 35.6 Å². The van der Waals surface area contributed by atoms with Crippen molar-refractivity contribution in [1.29, 1.82) is 0 Å². The number of aromatic amines is 1. The van der Waals surface area contributed by atoms with Crippen LogP contribution in [0.25, 0.3) is 42.9 Å². The molecule has 0 radical (unpaired) electrons. The lowest BCUT2D eigenvalue weighted by atomic mass is 10.0. The maximum atomic E-state index is 13.5. The number of aromatic nitrogens is 1. The molecule has 5 aromatic rings. The first-order valence-corrected chi connectivity index (χ1v) is 9.73. The predicted octanol–water partition coefficient (Wildman–Crippen LogP) is 7.51. The van der Waals surface area contributed by atoms with Crippen molar-refractivity contribution >= 4 is 22.2 Å². The lowest BCUT2D eigenvalue weighted by molar-refractivity contribution is 0.627. The molecule has 0 saturated carbocycles. The summed E-state index contributed by atoms with van der Waals surface area (Å²) in [5.74, 6) is -0.511. The van der Waals surface area contributed by atoms with E-state index in [0.29, 0.717) is 0 Å². The van der Waals surface area contributed by atoms with Crippen LogP contribution < -0.4 is 0 Å². The highest BCUT2D eigenvalue weighted by Gasteiger charge is 2.17. The van der Waals surface area contributed by atoms with Gasteiger partial charge in [-0.1, -0.05) is 42.5 Å². The molecule has 0 amide bonds. The molecule has 136 valence electrons. The number of nitrogens with one attached hydrogen (secondary N) is 1. The van der Waals surface area contributed by atoms with Crippen LogP contribution in [0.15, 0.2) is 85.1 Å². The van der Waals surface area contributed by atoms with Crippen LogP contribution in [0, 0.1) is 11.6 Å². The van der Waals surface area contributed by atoms with Crippen LogP contribution in [-0.2, 0) is 0 Å². The Morgan fingerprint density at radius 2 is 1.32 bits per heavy atom. The molecule has 2 heterocycles. The topological polar surface area (TPSA) is 15.8 Å². The van der Waals surface area contributed by atoms with Gasteiger partial charge >= 0.3 is 0 Å². The summed E-state index contributed by atoms with van der Waals surface area (Å²) in [5.41, 5.74) is 5.16. The number of hydrogen-bond acceptors (Lipinski definition) is 1. The number of fused-ring (bicyclic) bond motifs is 1. The van der Waals surface area contributed by atoms with Gasteiger partial charge in [0.05, 0.1) is 0 Å². The van der Waals surface area contributed by atoms with Crippen molar-refractivity contribution in [2.75, 3.05) is 0 Å². The van der Waals surface area contributed by atoms with E-state index in [4.69, 9.17) is 0 Å². The van der Waals surface area contributed by atoms with Gasteiger partial charge in [0.25, 0.3) is 0 Å². The van der Waals surface area contributed by atoms with Crippen LogP contribution in [-0.4, -0.2) is 4.98 Å². The van der Waals surface area contributed by atoms with E-state index in [0.717, 1.165) is 42.9 Å². The van der Waals surface area contributed by atoms with Crippen molar-refractivity contribution in [1.82, 2.24) is 4.98 Å². The third-order valence-electron chi connectivity index (χ3n) is 4.85. The summed E-state index contributed by atoms with van der Waals surface area (Å²) in [6, 6.07) is 23.4. The lowest BCUT2D eigenvalue weighted by Crippen LogP contribution is -1.79. The molecule has 0 aliphatic carbocycles. The Kier molecular flexibility index (Phi) is 4.06. The van der Waals surface area contributed by atoms with Crippen molar-refractivity contribution < 1.29 is 8.78 Å². The molecule has 4 heteroatoms. The summed E-state index contributed by atoms with van der Waals surface area (Å²) in [6.45, 7) is 0. The first kappa shape index (κ1) is 16.9. The fourth-order valence-corrected chi connectivity index (χ4v) is 4.64. The van der Waals surface area contributed by atoms with Gasteiger partial charge < -0.3 is 4.98 Å². The van der Waals surface area contributed by atoms with E-state index in [1.807, 2.05) is 24.4 Å². The summed E-state index contributed by atoms with van der Waals surface area (Å²) in [6.07, 6.45) is 2.01. The molecule has 1 nitrogen and oxygen atoms in total. The molecule has 5 rings (SSSR count). The van der Waals surface area contributed by atoms with Crippen LogP contribution >= 0.6 is 11.3 Å². The van der Waals surface area contributed by atoms with Gasteiger partial charge in [-0.25, -0.2) is 8.78 Å². The smallest absolute Gasteiger partial charge is 0.123 e. The zero-order valence-electron chi connectivity index (χ0n) is 14.7. The molecule has 0 bridgehead atoms. The molecule has 2 aromatic heterocycles. The maximum absolute atomic E-state index is 13.5. The molecule has 0 aliphatic rings. The second kappa shape index (κ2) is 6.73. The van der Waals surface area contributed by atoms with Crippen molar-refractivity contribution in [2.24, 2.45) is 0 Å². The molecule has 28 heavy (non-hydrogen) atoms. The molecule has 0 saturated heterocycles. The van der Waals surface area contributed by atoms with Crippen molar-refractivity contribution in [3.05, 3.63) is 96.7 Å². The van der Waals surface area contributed by atoms with E-state index < -0.39 is 0 Å². The van der Waals surface area contributed by atoms with Gasteiger partial charge in [-0.3, -0.25) is 0 Å². The highest BCUT2D eigenvalue weighted by Crippen LogP contribution is 2.45. The highest BCUT2D eigenvalue weighted by molar-refractivity contribution is 7.19. The number of H-pyrrole nitrogens is 1. The lowest BCUT2D eigenvalue weighted by Gasteiger charge is -2.03. The third kappa shape index (κ3) is 2.92. The second-order valence-corrected chi connectivity index (χ2v) is 7.67. The number of para-hydroxylation sites is 1. The first-order valence-electron chi connectivity index (χ1n) is 8.91. The second-order valence-electron chi connectivity index (χ2n) is 6.62. The Morgan fingerprint density at radius 1 is 0.679 bits per heavy atom. The fraction of sp³-hybridized carbons (Fsp3) is 0. The summed E-state index contributed by atoms with van der Waals surface area (Å²) < 4.78 is 26.8. The van der Waals surface area contributed by atoms with Crippen LogP contribution in [0.1, 0.15) is 0 Å². The molecule has 0 spiro atoms. The predicted molar refractivity (Wildman–Crippen MR) is 112 cm³/mol. The minimum atomic E-state index is -0.257. The zero-order valence-corrected chi connectivity index (χ0v) is 15.6. The molecule has 3 aromatic carbocycles. The average Bonchev–Trinajstić information content (AvgIpc) is 3.33. The molecular weight excluding hydrogens is 372 g/mol. The Bertz CT molecular complexity index is 1260. The molecule has 0 fully saturated rings. The van der Waals surface area contributed by atoms with Gasteiger partial charge in [0.2, 0.25) is 0 Å². The van der Waals surface area contributed by atoms with Gasteiger partial charge in [0.15, 0.2) is 0 Å². The average molecular weight is 387 g/mol. The largest absolute Gasteiger partial charge is 0.361 e. The Hall–Kier alpha value is -3.24. The summed E-state index contributed by atoms with van der Waals surface area (Å²) >= 11 is 1.63. The SMILES string of the molecule is Fc1ccc(-c2cc(-c3c[nH]c4ccccc34)c(-c3ccc(F)cc3)s2)cc1. The normalized spacial score (nSPS) is 11.2. The van der Waals surface area contributed by atoms with E-state index >= 15 is 0 Å². The van der Waals surface area contributed by atoms with E-state index in [2.05, 4.69) is 17.1 Å². The Labute approximate surface area is 164 Å². The maximum Gasteiger partial charge on any atom is 0.123 e. The quantitative estimate of drug-likeness (QED) is 0.330. The van der Waals surface area contributed by atoms with Crippen molar-refractivity contribution in [2.45, 2.75) is 0 Å². The van der Waals surface area contributed by atoms with Gasteiger partial charge in [-0.15, -0.1) is 11.3 Å². The zero-order chi connectivity index (χ0) is 19.1. The summed E-state index contributed by atoms with van der Waals surface area (Å²) in [5, 5.41) is 1.13. The third-order valence-corrected chi connectivity index (χ3v) is 6.08. The van der Waals surface area contributed by atoms with Crippen LogP contribution in [0.5, 0.6) is 0 Å². The Balaban J connectivity index is 1.74. The van der Waals surface area contributed by atoms with Crippen LogP contribution in [0.2, 0.25) is 0 Å². The van der Waals surface area contributed by atoms with Crippen LogP contribution in [0.4, 0.5) is 8.78 Å². The first-order chi connectivity index (χ1) is 13.7. The van der Waals surface area contributed by atoms with Crippen molar-refractivity contribution in [3.8, 4) is 32.0 Å². The fourth-order valence-electron chi connectivity index (χ4n) is 3.46. The standard InChI is InChI=1S/C24H15F2NS/c25-17-9-5-15(6-10-17)23-13-20(21-14-27-22-4-2-1-3-19(21)22)24(28-23)16-7-11-18(26)12-8-16/h1-14,27H. The Morgan fingerprint density at radius 3 is 2.04 bits per heavy atom. The molecular formula is C24H15F2NS. The summed E-state index contributed by atoms with van der Waals surface area (Å²) in [7, 11) is 0. The minimum Gasteiger partial charge on any atom is -0.361 e. The van der Waals surface area contributed by atoms with Crippen molar-refractivity contribution in [3.63, 3.8) is 0 Å². The molecule has 0 aliphatic heterocycles. The van der Waals surface area contributed by atoms with Gasteiger partial charge in [0.1, 0.15) is 11.6 Å². The highest BCUT2D eigenvalue weighted by atomic mass is 32.1. The molecule has 1 N–H and O–H groups in total. The van der Waals surface area contributed by atoms with Gasteiger partial charge in [-0.2, -0.15) is 0 Å². The number of hydrogen-bond donors (Lipinski definition) is 1. The molecule has 0 unspecified atom stereocenters. The summed E-state index contributed by atoms with van der Waals surface area (Å²) in [4.78, 5) is 5.43. The molecule has 0 atom stereocenters. The number of thiophene rings is 1. The number of benzene rings is 3.